The van der Waals surface area contributed by atoms with E-state index in [2.05, 4.69) is 257 Å². The monoisotopic (exact) mass is 934 g/mol. The maximum Gasteiger partial charge on any atom is -0.000740 e. The molecule has 0 saturated carbocycles. The third-order valence-corrected chi connectivity index (χ3v) is 16.7. The lowest BCUT2D eigenvalue weighted by Gasteiger charge is -2.21. The van der Waals surface area contributed by atoms with Gasteiger partial charge >= 0.3 is 0 Å². The van der Waals surface area contributed by atoms with Crippen LogP contribution in [0.1, 0.15) is 11.1 Å². The summed E-state index contributed by atoms with van der Waals surface area (Å²) in [6.07, 6.45) is 0. The lowest BCUT2D eigenvalue weighted by atomic mass is 9.82. The second-order valence-corrected chi connectivity index (χ2v) is 20.7. The number of hydrogen-bond donors (Lipinski definition) is 0. The normalized spacial score (nSPS) is 12.2. The molecule has 342 valence electrons. The predicted molar refractivity (Wildman–Crippen MR) is 317 cm³/mol. The molecule has 0 amide bonds. The smallest absolute Gasteiger partial charge is 0.000740 e. The van der Waals surface area contributed by atoms with Gasteiger partial charge in [0.1, 0.15) is 0 Å². The summed E-state index contributed by atoms with van der Waals surface area (Å²) in [5.74, 6) is 0. The molecule has 0 unspecified atom stereocenters. The van der Waals surface area contributed by atoms with Crippen LogP contribution in [0.25, 0.3) is 165 Å². The van der Waals surface area contributed by atoms with Crippen LogP contribution in [0.2, 0.25) is 0 Å². The Morgan fingerprint density at radius 2 is 0.568 bits per heavy atom. The van der Waals surface area contributed by atoms with Gasteiger partial charge in [-0.05, 0) is 220 Å². The second kappa shape index (κ2) is 15.6. The number of hydrogen-bond acceptors (Lipinski definition) is 0. The Labute approximate surface area is 430 Å². The maximum absolute atomic E-state index is 2.55. The molecule has 0 saturated heterocycles. The van der Waals surface area contributed by atoms with Gasteiger partial charge in [0.2, 0.25) is 0 Å². The zero-order chi connectivity index (χ0) is 48.8. The van der Waals surface area contributed by atoms with E-state index in [1.807, 2.05) is 0 Å². The van der Waals surface area contributed by atoms with Crippen LogP contribution in [0.3, 0.4) is 0 Å². The fourth-order valence-corrected chi connectivity index (χ4v) is 13.6. The highest BCUT2D eigenvalue weighted by Crippen LogP contribution is 2.62. The van der Waals surface area contributed by atoms with E-state index in [1.165, 1.54) is 176 Å². The first-order valence-corrected chi connectivity index (χ1v) is 26.0. The first-order valence-electron chi connectivity index (χ1n) is 26.0. The van der Waals surface area contributed by atoms with Gasteiger partial charge in [-0.15, -0.1) is 0 Å². The Kier molecular flexibility index (Phi) is 8.68. The summed E-state index contributed by atoms with van der Waals surface area (Å²) in [5.41, 5.74) is 25.7. The van der Waals surface area contributed by atoms with Gasteiger partial charge in [-0.2, -0.15) is 0 Å². The van der Waals surface area contributed by atoms with Crippen molar-refractivity contribution in [3.05, 3.63) is 254 Å². The number of fused-ring (bicyclic) bond motifs is 11. The van der Waals surface area contributed by atoms with Gasteiger partial charge in [0.25, 0.3) is 0 Å². The maximum atomic E-state index is 2.55. The summed E-state index contributed by atoms with van der Waals surface area (Å²) < 4.78 is 0. The quantitative estimate of drug-likeness (QED) is 0.151. The molecule has 0 radical (unpaired) electrons. The minimum atomic E-state index is 1.23. The van der Waals surface area contributed by atoms with Gasteiger partial charge in [-0.3, -0.25) is 0 Å². The molecule has 0 N–H and O–H groups in total. The van der Waals surface area contributed by atoms with E-state index >= 15 is 0 Å². The van der Waals surface area contributed by atoms with Crippen LogP contribution in [0.4, 0.5) is 0 Å². The molecule has 0 aromatic heterocycles. The molecule has 2 aliphatic rings. The van der Waals surface area contributed by atoms with Gasteiger partial charge in [-0.25, -0.2) is 0 Å². The highest BCUT2D eigenvalue weighted by atomic mass is 14.4. The molecule has 16 rings (SSSR count). The van der Waals surface area contributed by atoms with Crippen LogP contribution in [0.5, 0.6) is 0 Å². The predicted octanol–water partition coefficient (Wildman–Crippen LogP) is 20.9. The Morgan fingerprint density at radius 3 is 1.09 bits per heavy atom. The standard InChI is InChI=1S/C74H46/c1-43-16-14-17-44(2)66(43)50-24-15-25-51(40-50)68-55-27-11-10-26-54(55)67(47-20-4-3-5-21-47)64-41-62-58-34-36-60-72-61(37-35-59(71(58)72)63(62)42-65(64)68)74-70(53-33-31-46-19-7-9-23-49(46)39-53)57-29-13-12-28-56(57)69(73(60)74)52-32-30-45-18-6-8-22-48(45)38-52/h3-42H,1-2H3. The molecule has 74 heavy (non-hydrogen) atoms. The third kappa shape index (κ3) is 5.80. The van der Waals surface area contributed by atoms with E-state index in [0.29, 0.717) is 0 Å². The van der Waals surface area contributed by atoms with E-state index in [1.54, 1.807) is 0 Å². The van der Waals surface area contributed by atoms with E-state index in [0.717, 1.165) is 0 Å². The molecule has 2 aliphatic carbocycles. The van der Waals surface area contributed by atoms with E-state index < -0.39 is 0 Å². The molecule has 0 aliphatic heterocycles. The van der Waals surface area contributed by atoms with Crippen molar-refractivity contribution >= 4 is 64.6 Å². The minimum Gasteiger partial charge on any atom is -0.0622 e. The topological polar surface area (TPSA) is 0 Å². The number of benzene rings is 14. The van der Waals surface area contributed by atoms with E-state index in [-0.39, 0.29) is 0 Å². The van der Waals surface area contributed by atoms with Crippen LogP contribution < -0.4 is 0 Å². The molecule has 0 spiro atoms. The molecule has 0 atom stereocenters. The largest absolute Gasteiger partial charge is 0.0622 e. The molecular weight excluding hydrogens is 889 g/mol. The number of rotatable bonds is 5. The Hall–Kier alpha value is -9.36. The fourth-order valence-electron chi connectivity index (χ4n) is 13.6. The van der Waals surface area contributed by atoms with Gasteiger partial charge in [0, 0.05) is 0 Å². The Morgan fingerprint density at radius 1 is 0.189 bits per heavy atom. The highest BCUT2D eigenvalue weighted by Gasteiger charge is 2.35. The summed E-state index contributed by atoms with van der Waals surface area (Å²) in [5, 5.41) is 15.3. The fraction of sp³-hybridized carbons (Fsp3) is 0.0270. The van der Waals surface area contributed by atoms with Crippen molar-refractivity contribution in [2.24, 2.45) is 0 Å². The zero-order valence-electron chi connectivity index (χ0n) is 41.1. The van der Waals surface area contributed by atoms with Crippen LogP contribution in [0.15, 0.2) is 243 Å². The first-order chi connectivity index (χ1) is 36.6. The van der Waals surface area contributed by atoms with Crippen LogP contribution >= 0.6 is 0 Å². The highest BCUT2D eigenvalue weighted by molar-refractivity contribution is 6.34. The van der Waals surface area contributed by atoms with Crippen molar-refractivity contribution in [1.82, 2.24) is 0 Å². The molecule has 0 fully saturated rings. The van der Waals surface area contributed by atoms with Crippen LogP contribution in [-0.4, -0.2) is 0 Å². The minimum absolute atomic E-state index is 1.23. The molecule has 0 heteroatoms. The molecular formula is C74H46. The molecule has 0 nitrogen and oxygen atoms in total. The molecule has 0 heterocycles. The van der Waals surface area contributed by atoms with Crippen LogP contribution in [-0.2, 0) is 0 Å². The van der Waals surface area contributed by atoms with Gasteiger partial charge in [0.05, 0.1) is 0 Å². The van der Waals surface area contributed by atoms with Crippen molar-refractivity contribution in [2.75, 3.05) is 0 Å². The first kappa shape index (κ1) is 41.3. The summed E-state index contributed by atoms with van der Waals surface area (Å²) >= 11 is 0. The third-order valence-electron chi connectivity index (χ3n) is 16.7. The van der Waals surface area contributed by atoms with Crippen molar-refractivity contribution in [3.8, 4) is 100 Å². The molecule has 14 aromatic rings. The molecule has 14 aromatic carbocycles. The lowest BCUT2D eigenvalue weighted by molar-refractivity contribution is 1.38. The Bertz CT molecular complexity index is 4630. The summed E-state index contributed by atoms with van der Waals surface area (Å²) in [4.78, 5) is 0. The van der Waals surface area contributed by atoms with Gasteiger partial charge in [0.15, 0.2) is 0 Å². The lowest BCUT2D eigenvalue weighted by Crippen LogP contribution is -1.94. The van der Waals surface area contributed by atoms with Gasteiger partial charge in [-0.1, -0.05) is 212 Å². The average Bonchev–Trinajstić information content (AvgIpc) is 3.97. The van der Waals surface area contributed by atoms with Crippen molar-refractivity contribution in [3.63, 3.8) is 0 Å². The summed E-state index contributed by atoms with van der Waals surface area (Å²) in [6.45, 7) is 4.47. The van der Waals surface area contributed by atoms with Crippen LogP contribution in [0, 0.1) is 13.8 Å². The second-order valence-electron chi connectivity index (χ2n) is 20.7. The van der Waals surface area contributed by atoms with E-state index in [4.69, 9.17) is 0 Å². The van der Waals surface area contributed by atoms with Crippen molar-refractivity contribution < 1.29 is 0 Å². The SMILES string of the molecule is Cc1cccc(C)c1-c1cccc(-c2c3ccccc3c(-c3ccccc3)c3cc4c(cc23)-c2ccc3c5c(ccc-4c25)-c2c-3c(-c3ccc4ccccc4c3)c3ccccc3c2-c2ccc3ccccc3c2)c1. The van der Waals surface area contributed by atoms with Gasteiger partial charge < -0.3 is 0 Å². The average molecular weight is 935 g/mol. The molecule has 0 bridgehead atoms. The van der Waals surface area contributed by atoms with Crippen molar-refractivity contribution in [2.45, 2.75) is 13.8 Å². The van der Waals surface area contributed by atoms with Crippen molar-refractivity contribution in [1.29, 1.82) is 0 Å². The summed E-state index contributed by atoms with van der Waals surface area (Å²) in [6, 6.07) is 91.8. The van der Waals surface area contributed by atoms with E-state index in [9.17, 15) is 0 Å². The Balaban J connectivity index is 1.01. The zero-order valence-corrected chi connectivity index (χ0v) is 41.1. The summed E-state index contributed by atoms with van der Waals surface area (Å²) in [7, 11) is 0. The number of aryl methyl sites for hydroxylation is 2.